The summed E-state index contributed by atoms with van der Waals surface area (Å²) in [4.78, 5) is 2.23. The van der Waals surface area contributed by atoms with E-state index in [-0.39, 0.29) is 0 Å². The maximum Gasteiger partial charge on any atom is 0.119 e. The molecule has 1 atom stereocenters. The minimum atomic E-state index is -0.808. The fourth-order valence-electron chi connectivity index (χ4n) is 5.18. The average molecular weight is 444 g/mol. The smallest absolute Gasteiger partial charge is 0.119 e. The normalized spacial score (nSPS) is 18.6. The lowest BCUT2D eigenvalue weighted by molar-refractivity contribution is -0.0372. The first-order chi connectivity index (χ1) is 16.1. The van der Waals surface area contributed by atoms with E-state index in [1.807, 2.05) is 24.3 Å². The highest BCUT2D eigenvalue weighted by atomic mass is 16.5. The lowest BCUT2D eigenvalue weighted by Gasteiger charge is -2.39. The molecule has 1 fully saturated rings. The van der Waals surface area contributed by atoms with Crippen molar-refractivity contribution in [2.45, 2.75) is 43.8 Å². The minimum Gasteiger partial charge on any atom is -0.491 e. The van der Waals surface area contributed by atoms with Crippen molar-refractivity contribution in [3.8, 4) is 16.9 Å². The Morgan fingerprint density at radius 3 is 2.30 bits per heavy atom. The molecule has 1 aliphatic carbocycles. The van der Waals surface area contributed by atoms with E-state index >= 15 is 0 Å². The van der Waals surface area contributed by atoms with Crippen LogP contribution in [0.3, 0.4) is 0 Å². The zero-order valence-corrected chi connectivity index (χ0v) is 19.1. The third kappa shape index (κ3) is 5.14. The molecule has 172 valence electrons. The number of aliphatic hydroxyl groups is 2. The topological polar surface area (TPSA) is 52.9 Å². The Kier molecular flexibility index (Phi) is 6.50. The highest BCUT2D eigenvalue weighted by molar-refractivity contribution is 5.63. The second-order valence-corrected chi connectivity index (χ2v) is 9.52. The Morgan fingerprint density at radius 1 is 0.848 bits per heavy atom. The number of likely N-dealkylation sites (tertiary alicyclic amines) is 1. The van der Waals surface area contributed by atoms with Crippen molar-refractivity contribution in [3.63, 3.8) is 0 Å². The number of nitrogens with zero attached hydrogens (tertiary/aromatic N) is 1. The van der Waals surface area contributed by atoms with Gasteiger partial charge in [0.05, 0.1) is 5.60 Å². The number of aryl methyl sites for hydroxylation is 2. The van der Waals surface area contributed by atoms with E-state index in [0.29, 0.717) is 26.0 Å². The van der Waals surface area contributed by atoms with Gasteiger partial charge in [-0.1, -0.05) is 60.7 Å². The SMILES string of the molecule is OC(COc1ccc2c(c1)CCC2)CN1CCC(O)(c2ccc(-c3ccccc3)cc2)CC1. The number of hydrogen-bond donors (Lipinski definition) is 2. The fraction of sp³-hybridized carbons (Fsp3) is 0.379. The molecule has 0 aromatic heterocycles. The molecule has 1 saturated heterocycles. The number of aliphatic hydroxyl groups excluding tert-OH is 1. The Morgan fingerprint density at radius 2 is 1.55 bits per heavy atom. The van der Waals surface area contributed by atoms with E-state index in [1.165, 1.54) is 23.1 Å². The second kappa shape index (κ2) is 9.68. The molecule has 0 bridgehead atoms. The molecule has 2 aliphatic rings. The first-order valence-electron chi connectivity index (χ1n) is 12.1. The summed E-state index contributed by atoms with van der Waals surface area (Å²) < 4.78 is 5.87. The molecule has 1 aliphatic heterocycles. The molecule has 4 nitrogen and oxygen atoms in total. The van der Waals surface area contributed by atoms with E-state index in [2.05, 4.69) is 53.4 Å². The van der Waals surface area contributed by atoms with Gasteiger partial charge in [0.25, 0.3) is 0 Å². The van der Waals surface area contributed by atoms with Crippen molar-refractivity contribution in [2.24, 2.45) is 0 Å². The standard InChI is InChI=1S/C29H33NO3/c31-27(21-33-28-14-11-23-7-4-8-25(23)19-28)20-30-17-15-29(32,16-18-30)26-12-9-24(10-13-26)22-5-2-1-3-6-22/h1-3,5-6,9-14,19,27,31-32H,4,7-8,15-18,20-21H2. The van der Waals surface area contributed by atoms with Gasteiger partial charge in [0, 0.05) is 19.6 Å². The summed E-state index contributed by atoms with van der Waals surface area (Å²) in [5, 5.41) is 21.8. The first-order valence-corrected chi connectivity index (χ1v) is 12.1. The molecule has 4 heteroatoms. The second-order valence-electron chi connectivity index (χ2n) is 9.52. The van der Waals surface area contributed by atoms with Crippen LogP contribution in [-0.4, -0.2) is 47.5 Å². The quantitative estimate of drug-likeness (QED) is 0.562. The van der Waals surface area contributed by atoms with Crippen LogP contribution in [0.1, 0.15) is 36.0 Å². The average Bonchev–Trinajstić information content (AvgIpc) is 3.33. The van der Waals surface area contributed by atoms with Crippen molar-refractivity contribution < 1.29 is 14.9 Å². The number of piperidine rings is 1. The predicted octanol–water partition coefficient (Wildman–Crippen LogP) is 4.57. The number of benzene rings is 3. The fourth-order valence-corrected chi connectivity index (χ4v) is 5.18. The Hall–Kier alpha value is -2.66. The van der Waals surface area contributed by atoms with E-state index < -0.39 is 11.7 Å². The summed E-state index contributed by atoms with van der Waals surface area (Å²) in [5.41, 5.74) is 5.32. The van der Waals surface area contributed by atoms with Crippen LogP contribution in [0.5, 0.6) is 5.75 Å². The molecule has 0 radical (unpaired) electrons. The molecular weight excluding hydrogens is 410 g/mol. The number of fused-ring (bicyclic) bond motifs is 1. The molecule has 1 heterocycles. The number of rotatable bonds is 7. The molecule has 1 unspecified atom stereocenters. The van der Waals surface area contributed by atoms with Gasteiger partial charge in [0.2, 0.25) is 0 Å². The van der Waals surface area contributed by atoms with Gasteiger partial charge in [-0.05, 0) is 72.1 Å². The van der Waals surface area contributed by atoms with Gasteiger partial charge in [-0.2, -0.15) is 0 Å². The summed E-state index contributed by atoms with van der Waals surface area (Å²) in [6.45, 7) is 2.37. The summed E-state index contributed by atoms with van der Waals surface area (Å²) in [6.07, 6.45) is 4.29. The number of ether oxygens (including phenoxy) is 1. The van der Waals surface area contributed by atoms with Gasteiger partial charge < -0.3 is 19.8 Å². The van der Waals surface area contributed by atoms with E-state index in [0.717, 1.165) is 42.8 Å². The van der Waals surface area contributed by atoms with Gasteiger partial charge in [0.1, 0.15) is 18.5 Å². The first kappa shape index (κ1) is 22.1. The zero-order chi connectivity index (χ0) is 22.7. The lowest BCUT2D eigenvalue weighted by Crippen LogP contribution is -2.46. The van der Waals surface area contributed by atoms with Crippen molar-refractivity contribution in [1.82, 2.24) is 4.90 Å². The van der Waals surface area contributed by atoms with Gasteiger partial charge in [-0.25, -0.2) is 0 Å². The lowest BCUT2D eigenvalue weighted by atomic mass is 9.83. The molecule has 0 spiro atoms. The number of β-amino-alcohol motifs (C(OH)–C–C–N with tert-alkyl or cyclic N) is 1. The molecule has 0 amide bonds. The Bertz CT molecular complexity index is 1060. The van der Waals surface area contributed by atoms with Crippen LogP contribution < -0.4 is 4.74 Å². The molecule has 3 aromatic carbocycles. The number of hydrogen-bond acceptors (Lipinski definition) is 4. The maximum atomic E-state index is 11.3. The predicted molar refractivity (Wildman–Crippen MR) is 131 cm³/mol. The summed E-state index contributed by atoms with van der Waals surface area (Å²) in [6, 6.07) is 24.9. The molecule has 5 rings (SSSR count). The third-order valence-electron chi connectivity index (χ3n) is 7.19. The van der Waals surface area contributed by atoms with Crippen LogP contribution in [0.4, 0.5) is 0 Å². The van der Waals surface area contributed by atoms with Crippen molar-refractivity contribution in [1.29, 1.82) is 0 Å². The maximum absolute atomic E-state index is 11.3. The van der Waals surface area contributed by atoms with Crippen molar-refractivity contribution in [2.75, 3.05) is 26.2 Å². The van der Waals surface area contributed by atoms with E-state index in [4.69, 9.17) is 4.74 Å². The summed E-state index contributed by atoms with van der Waals surface area (Å²) in [7, 11) is 0. The van der Waals surface area contributed by atoms with Crippen LogP contribution in [0, 0.1) is 0 Å². The summed E-state index contributed by atoms with van der Waals surface area (Å²) in [5.74, 6) is 0.849. The van der Waals surface area contributed by atoms with Crippen LogP contribution in [0.2, 0.25) is 0 Å². The van der Waals surface area contributed by atoms with E-state index in [9.17, 15) is 10.2 Å². The molecule has 2 N–H and O–H groups in total. The van der Waals surface area contributed by atoms with Crippen molar-refractivity contribution >= 4 is 0 Å². The van der Waals surface area contributed by atoms with Gasteiger partial charge in [-0.3, -0.25) is 0 Å². The van der Waals surface area contributed by atoms with Gasteiger partial charge >= 0.3 is 0 Å². The van der Waals surface area contributed by atoms with E-state index in [1.54, 1.807) is 0 Å². The minimum absolute atomic E-state index is 0.292. The third-order valence-corrected chi connectivity index (χ3v) is 7.19. The van der Waals surface area contributed by atoms with Crippen LogP contribution >= 0.6 is 0 Å². The van der Waals surface area contributed by atoms with Gasteiger partial charge in [-0.15, -0.1) is 0 Å². The highest BCUT2D eigenvalue weighted by Crippen LogP contribution is 2.34. The molecule has 3 aromatic rings. The van der Waals surface area contributed by atoms with Crippen LogP contribution in [0.25, 0.3) is 11.1 Å². The van der Waals surface area contributed by atoms with Crippen LogP contribution in [0.15, 0.2) is 72.8 Å². The monoisotopic (exact) mass is 443 g/mol. The molecule has 33 heavy (non-hydrogen) atoms. The Labute approximate surface area is 196 Å². The van der Waals surface area contributed by atoms with Crippen molar-refractivity contribution in [3.05, 3.63) is 89.5 Å². The zero-order valence-electron chi connectivity index (χ0n) is 19.1. The molecular formula is C29H33NO3. The Balaban J connectivity index is 1.11. The largest absolute Gasteiger partial charge is 0.491 e. The van der Waals surface area contributed by atoms with Crippen LogP contribution in [-0.2, 0) is 18.4 Å². The highest BCUT2D eigenvalue weighted by Gasteiger charge is 2.34. The molecule has 0 saturated carbocycles. The summed E-state index contributed by atoms with van der Waals surface area (Å²) >= 11 is 0. The van der Waals surface area contributed by atoms with Gasteiger partial charge in [0.15, 0.2) is 0 Å².